The fourth-order valence-corrected chi connectivity index (χ4v) is 8.23. The third kappa shape index (κ3) is 12.9. The summed E-state index contributed by atoms with van der Waals surface area (Å²) in [5.74, 6) is 0.914. The van der Waals surface area contributed by atoms with E-state index in [1.54, 1.807) is 68.4 Å². The lowest BCUT2D eigenvalue weighted by atomic mass is 10.1. The first-order valence-corrected chi connectivity index (χ1v) is 24.8. The van der Waals surface area contributed by atoms with E-state index in [0.29, 0.717) is 61.4 Å². The minimum atomic E-state index is -2.13. The minimum absolute atomic E-state index is 0.0119. The smallest absolute Gasteiger partial charge is 0.247 e. The van der Waals surface area contributed by atoms with Crippen LogP contribution in [0.4, 0.5) is 34.1 Å². The van der Waals surface area contributed by atoms with Crippen LogP contribution in [0.5, 0.6) is 0 Å². The highest BCUT2D eigenvalue weighted by atomic mass is 35.5. The molecule has 350 valence electrons. The van der Waals surface area contributed by atoms with Crippen molar-refractivity contribution >= 4 is 77.5 Å². The summed E-state index contributed by atoms with van der Waals surface area (Å²) in [6.45, 7) is 35.6. The molecular weight excluding hydrogens is 912 g/mol. The van der Waals surface area contributed by atoms with Gasteiger partial charge in [0, 0.05) is 47.7 Å². The molecule has 0 aliphatic carbocycles. The molecule has 0 saturated heterocycles. The van der Waals surface area contributed by atoms with Crippen molar-refractivity contribution in [1.82, 2.24) is 20.4 Å². The Morgan fingerprint density at radius 1 is 0.687 bits per heavy atom. The zero-order valence-corrected chi connectivity index (χ0v) is 41.7. The van der Waals surface area contributed by atoms with Crippen molar-refractivity contribution in [2.24, 2.45) is 0 Å². The van der Waals surface area contributed by atoms with E-state index in [4.69, 9.17) is 49.6 Å². The zero-order chi connectivity index (χ0) is 49.4. The summed E-state index contributed by atoms with van der Waals surface area (Å²) < 4.78 is 18.6. The fourth-order valence-electron chi connectivity index (χ4n) is 6.39. The number of nitrogens with zero attached hydrogens (tertiary/aromatic N) is 6. The first-order chi connectivity index (χ1) is 31.5. The van der Waals surface area contributed by atoms with Crippen LogP contribution in [0, 0.1) is 27.0 Å². The van der Waals surface area contributed by atoms with Gasteiger partial charge in [0.2, 0.25) is 46.8 Å². The average Bonchev–Trinajstić information content (AvgIpc) is 3.96. The van der Waals surface area contributed by atoms with Gasteiger partial charge in [-0.2, -0.15) is 0 Å². The van der Waals surface area contributed by atoms with Crippen molar-refractivity contribution in [3.8, 4) is 22.9 Å². The molecule has 4 aromatic carbocycles. The Balaban J connectivity index is 0.000000256. The molecule has 0 saturated carbocycles. The lowest BCUT2D eigenvalue weighted by molar-refractivity contribution is -0.115. The van der Waals surface area contributed by atoms with Gasteiger partial charge in [0.1, 0.15) is 12.1 Å². The number of rotatable bonds is 14. The standard InChI is InChI=1S/C27H34ClN5O3Si.C21H20ClN5O3/c1-16-21(14-15-22(29-7)23(16)28)31-24(17(2)36-37(8,9)27(4,5)6)26-33-32-25(35-26)19-10-12-20(13-11-19)30-18(3)34;1-11-16(9-10-17(23-4)18(11)22)25-19(12(2)28)21-27-26-20(30-21)14-5-7-15(8-6-14)24-13(3)29/h10-15,17,24,31H,1-6,8-9H3,(H,30,34);5-10,12,19,25,28H,1-3H3,(H,24,29)/t17-,24+;12-,19+/m00/s1. The Morgan fingerprint density at radius 2 is 1.07 bits per heavy atom. The number of aliphatic hydroxyl groups is 1. The van der Waals surface area contributed by atoms with Gasteiger partial charge in [0.15, 0.2) is 8.32 Å². The van der Waals surface area contributed by atoms with Crippen LogP contribution in [0.2, 0.25) is 28.2 Å². The van der Waals surface area contributed by atoms with E-state index in [9.17, 15) is 14.7 Å². The molecule has 0 spiro atoms. The number of aromatic nitrogens is 4. The normalized spacial score (nSPS) is 13.1. The fraction of sp³-hybridized carbons (Fsp3) is 0.333. The molecule has 2 aromatic heterocycles. The van der Waals surface area contributed by atoms with E-state index in [0.717, 1.165) is 16.8 Å². The second kappa shape index (κ2) is 21.8. The maximum Gasteiger partial charge on any atom is 0.247 e. The van der Waals surface area contributed by atoms with E-state index >= 15 is 0 Å². The van der Waals surface area contributed by atoms with Gasteiger partial charge in [0.05, 0.1) is 35.4 Å². The number of benzene rings is 4. The maximum absolute atomic E-state index is 11.3. The molecule has 2 amide bonds. The second-order valence-electron chi connectivity index (χ2n) is 17.3. The van der Waals surface area contributed by atoms with Crippen molar-refractivity contribution in [3.05, 3.63) is 129 Å². The summed E-state index contributed by atoms with van der Waals surface area (Å²) in [4.78, 5) is 29.3. The topological polar surface area (TPSA) is 198 Å². The van der Waals surface area contributed by atoms with Gasteiger partial charge in [-0.3, -0.25) is 9.59 Å². The summed E-state index contributed by atoms with van der Waals surface area (Å²) in [7, 11) is -2.13. The SMILES string of the molecule is [C-]#[N+]c1ccc(N[C@@H](c2nnc(-c3ccc(NC(C)=O)cc3)o2)[C@H](C)O)c(C)c1Cl.[C-]#[N+]c1ccc(N[C@@H](c2nnc(-c3ccc(NC(C)=O)cc3)o2)[C@H](C)O[Si](C)(C)C(C)(C)C)c(C)c1Cl. The zero-order valence-electron chi connectivity index (χ0n) is 39.2. The van der Waals surface area contributed by atoms with Gasteiger partial charge in [-0.05, 0) is 118 Å². The first-order valence-electron chi connectivity index (χ1n) is 21.2. The molecule has 6 rings (SSSR count). The van der Waals surface area contributed by atoms with Crippen LogP contribution in [-0.4, -0.2) is 57.8 Å². The van der Waals surface area contributed by atoms with Gasteiger partial charge in [-0.1, -0.05) is 56.1 Å². The lowest BCUT2D eigenvalue weighted by Gasteiger charge is -2.40. The van der Waals surface area contributed by atoms with E-state index in [2.05, 4.69) is 85.2 Å². The number of aliphatic hydroxyl groups excluding tert-OH is 1. The molecule has 0 aliphatic heterocycles. The van der Waals surface area contributed by atoms with Crippen LogP contribution in [-0.2, 0) is 14.0 Å². The summed E-state index contributed by atoms with van der Waals surface area (Å²) in [6.07, 6.45) is -1.16. The highest BCUT2D eigenvalue weighted by Gasteiger charge is 2.41. The minimum Gasteiger partial charge on any atom is -0.418 e. The molecular formula is C48H54Cl2N10O6Si. The molecule has 5 N–H and O–H groups in total. The number of carbonyl (C=O) groups excluding carboxylic acids is 2. The molecule has 0 radical (unpaired) electrons. The molecule has 16 nitrogen and oxygen atoms in total. The molecule has 0 aliphatic rings. The predicted octanol–water partition coefficient (Wildman–Crippen LogP) is 12.5. The van der Waals surface area contributed by atoms with E-state index in [1.165, 1.54) is 13.8 Å². The first kappa shape index (κ1) is 51.4. The molecule has 6 aromatic rings. The second-order valence-corrected chi connectivity index (χ2v) is 22.9. The predicted molar refractivity (Wildman–Crippen MR) is 265 cm³/mol. The van der Waals surface area contributed by atoms with Gasteiger partial charge in [-0.15, -0.1) is 20.4 Å². The van der Waals surface area contributed by atoms with Crippen LogP contribution in [0.1, 0.15) is 83.5 Å². The van der Waals surface area contributed by atoms with Crippen LogP contribution >= 0.6 is 23.2 Å². The lowest BCUT2D eigenvalue weighted by Crippen LogP contribution is -2.45. The number of hydrogen-bond donors (Lipinski definition) is 5. The largest absolute Gasteiger partial charge is 0.418 e. The Hall–Kier alpha value is -6.60. The summed E-state index contributed by atoms with van der Waals surface area (Å²) in [5, 5.41) is 39.9. The van der Waals surface area contributed by atoms with Crippen molar-refractivity contribution in [3.63, 3.8) is 0 Å². The summed E-state index contributed by atoms with van der Waals surface area (Å²) >= 11 is 12.7. The number of nitrogens with one attached hydrogen (secondary N) is 4. The van der Waals surface area contributed by atoms with Gasteiger partial charge in [0.25, 0.3) is 0 Å². The molecule has 2 heterocycles. The Bertz CT molecular complexity index is 2790. The molecule has 67 heavy (non-hydrogen) atoms. The van der Waals surface area contributed by atoms with Crippen LogP contribution in [0.15, 0.2) is 81.6 Å². The monoisotopic (exact) mass is 964 g/mol. The average molecular weight is 966 g/mol. The van der Waals surface area contributed by atoms with Crippen molar-refractivity contribution in [2.45, 2.75) is 105 Å². The number of halogens is 2. The Labute approximate surface area is 401 Å². The molecule has 0 unspecified atom stereocenters. The molecule has 19 heteroatoms. The van der Waals surface area contributed by atoms with Crippen LogP contribution in [0.25, 0.3) is 32.6 Å². The summed E-state index contributed by atoms with van der Waals surface area (Å²) in [5.41, 5.74) is 6.35. The third-order valence-corrected chi connectivity index (χ3v) is 16.7. The third-order valence-electron chi connectivity index (χ3n) is 11.2. The molecule has 0 bridgehead atoms. The van der Waals surface area contributed by atoms with E-state index < -0.39 is 26.5 Å². The van der Waals surface area contributed by atoms with Gasteiger partial charge in [-0.25, -0.2) is 9.69 Å². The van der Waals surface area contributed by atoms with Crippen molar-refractivity contribution in [2.75, 3.05) is 21.3 Å². The number of carbonyl (C=O) groups is 2. The highest BCUT2D eigenvalue weighted by molar-refractivity contribution is 6.74. The van der Waals surface area contributed by atoms with Gasteiger partial charge < -0.3 is 39.6 Å². The number of anilines is 4. The van der Waals surface area contributed by atoms with E-state index in [1.807, 2.05) is 32.0 Å². The maximum atomic E-state index is 11.3. The highest BCUT2D eigenvalue weighted by Crippen LogP contribution is 2.41. The van der Waals surface area contributed by atoms with Crippen molar-refractivity contribution < 1.29 is 28.0 Å². The Morgan fingerprint density at radius 3 is 1.43 bits per heavy atom. The van der Waals surface area contributed by atoms with Gasteiger partial charge >= 0.3 is 0 Å². The van der Waals surface area contributed by atoms with Crippen LogP contribution < -0.4 is 21.3 Å². The molecule has 0 fully saturated rings. The Kier molecular flexibility index (Phi) is 16.7. The summed E-state index contributed by atoms with van der Waals surface area (Å²) in [6, 6.07) is 19.9. The number of hydrogen-bond acceptors (Lipinski definition) is 12. The number of amides is 2. The quantitative estimate of drug-likeness (QED) is 0.0512. The molecule has 4 atom stereocenters. The van der Waals surface area contributed by atoms with Crippen molar-refractivity contribution in [1.29, 1.82) is 0 Å². The van der Waals surface area contributed by atoms with Crippen LogP contribution in [0.3, 0.4) is 0 Å². The van der Waals surface area contributed by atoms with E-state index in [-0.39, 0.29) is 34.7 Å².